The molecule has 2 aromatic carbocycles. The number of rotatable bonds is 2. The fourth-order valence-corrected chi connectivity index (χ4v) is 3.02. The molecule has 1 N–H and O–H groups in total. The van der Waals surface area contributed by atoms with Crippen LogP contribution in [0.15, 0.2) is 65.0 Å². The molecule has 0 spiro atoms. The molecular weight excluding hydrogens is 296 g/mol. The zero-order chi connectivity index (χ0) is 14.9. The smallest absolute Gasteiger partial charge is 0.231 e. The lowest BCUT2D eigenvalue weighted by atomic mass is 10.2. The predicted octanol–water partition coefficient (Wildman–Crippen LogP) is 4.97. The summed E-state index contributed by atoms with van der Waals surface area (Å²) in [6, 6.07) is 14.8. The monoisotopic (exact) mass is 306 g/mol. The van der Waals surface area contributed by atoms with Crippen LogP contribution >= 0.6 is 11.3 Å². The molecule has 0 aliphatic rings. The van der Waals surface area contributed by atoms with Crippen LogP contribution in [-0.2, 0) is 0 Å². The van der Waals surface area contributed by atoms with Gasteiger partial charge in [-0.2, -0.15) is 0 Å². The molecule has 0 amide bonds. The van der Waals surface area contributed by atoms with Gasteiger partial charge in [0.1, 0.15) is 11.3 Å². The Balaban J connectivity index is 1.78. The number of aromatic nitrogens is 2. The van der Waals surface area contributed by atoms with Crippen LogP contribution in [-0.4, -0.2) is 15.1 Å². The van der Waals surface area contributed by atoms with Gasteiger partial charge >= 0.3 is 0 Å². The number of fused-ring (bicyclic) bond motifs is 2. The minimum Gasteiger partial charge on any atom is -0.506 e. The first-order valence-electron chi connectivity index (χ1n) is 6.65. The highest BCUT2D eigenvalue weighted by Gasteiger charge is 2.06. The highest BCUT2D eigenvalue weighted by atomic mass is 32.1. The highest BCUT2D eigenvalue weighted by molar-refractivity contribution is 7.21. The Bertz CT molecular complexity index is 976. The molecule has 0 aliphatic heterocycles. The summed E-state index contributed by atoms with van der Waals surface area (Å²) in [5.41, 5.74) is 2.09. The summed E-state index contributed by atoms with van der Waals surface area (Å²) in [6.45, 7) is 0. The van der Waals surface area contributed by atoms with Crippen molar-refractivity contribution in [2.75, 3.05) is 0 Å². The standard InChI is InChI=1S/C16H10N4OS/c21-13-8-7-11(10-4-3-9-17-15(10)13)19-20-16-18-12-5-1-2-6-14(12)22-16/h1-9,21H. The second kappa shape index (κ2) is 5.16. The maximum Gasteiger partial charge on any atom is 0.231 e. The lowest BCUT2D eigenvalue weighted by molar-refractivity contribution is 0.480. The molecule has 0 saturated heterocycles. The van der Waals surface area contributed by atoms with Crippen molar-refractivity contribution in [2.45, 2.75) is 0 Å². The Morgan fingerprint density at radius 3 is 2.77 bits per heavy atom. The van der Waals surface area contributed by atoms with E-state index in [1.54, 1.807) is 24.4 Å². The number of phenolic OH excluding ortho intramolecular Hbond substituents is 1. The van der Waals surface area contributed by atoms with Crippen molar-refractivity contribution in [2.24, 2.45) is 10.2 Å². The fourth-order valence-electron chi connectivity index (χ4n) is 2.23. The molecule has 4 aromatic rings. The second-order valence-corrected chi connectivity index (χ2v) is 5.68. The van der Waals surface area contributed by atoms with E-state index >= 15 is 0 Å². The molecule has 0 bridgehead atoms. The average molecular weight is 306 g/mol. The summed E-state index contributed by atoms with van der Waals surface area (Å²) in [6.07, 6.45) is 1.64. The minimum atomic E-state index is 0.134. The Hall–Kier alpha value is -2.86. The molecule has 2 aromatic heterocycles. The van der Waals surface area contributed by atoms with Crippen LogP contribution in [0, 0.1) is 0 Å². The van der Waals surface area contributed by atoms with Crippen molar-refractivity contribution in [3.05, 3.63) is 54.7 Å². The highest BCUT2D eigenvalue weighted by Crippen LogP contribution is 2.33. The van der Waals surface area contributed by atoms with Crippen molar-refractivity contribution in [1.29, 1.82) is 0 Å². The molecule has 5 nitrogen and oxygen atoms in total. The summed E-state index contributed by atoms with van der Waals surface area (Å²) in [5.74, 6) is 0.134. The van der Waals surface area contributed by atoms with Crippen molar-refractivity contribution in [3.8, 4) is 5.75 Å². The number of azo groups is 1. The van der Waals surface area contributed by atoms with E-state index in [9.17, 15) is 5.11 Å². The lowest BCUT2D eigenvalue weighted by Gasteiger charge is -2.01. The van der Waals surface area contributed by atoms with Crippen LogP contribution in [0.2, 0.25) is 0 Å². The Morgan fingerprint density at radius 2 is 1.86 bits per heavy atom. The van der Waals surface area contributed by atoms with Crippen molar-refractivity contribution >= 4 is 43.3 Å². The van der Waals surface area contributed by atoms with Gasteiger partial charge in [-0.05, 0) is 36.4 Å². The van der Waals surface area contributed by atoms with Gasteiger partial charge in [0.05, 0.1) is 15.9 Å². The van der Waals surface area contributed by atoms with Gasteiger partial charge in [-0.1, -0.05) is 23.5 Å². The Labute approximate surface area is 129 Å². The molecule has 22 heavy (non-hydrogen) atoms. The van der Waals surface area contributed by atoms with Crippen LogP contribution in [0.5, 0.6) is 5.75 Å². The first-order valence-corrected chi connectivity index (χ1v) is 7.47. The van der Waals surface area contributed by atoms with Crippen LogP contribution < -0.4 is 0 Å². The summed E-state index contributed by atoms with van der Waals surface area (Å²) in [4.78, 5) is 8.58. The van der Waals surface area contributed by atoms with Gasteiger partial charge in [-0.3, -0.25) is 4.98 Å². The number of aromatic hydroxyl groups is 1. The van der Waals surface area contributed by atoms with Gasteiger partial charge in [-0.25, -0.2) is 4.98 Å². The molecule has 0 unspecified atom stereocenters. The van der Waals surface area contributed by atoms with Gasteiger partial charge in [-0.15, -0.1) is 10.2 Å². The predicted molar refractivity (Wildman–Crippen MR) is 87.2 cm³/mol. The summed E-state index contributed by atoms with van der Waals surface area (Å²) in [5, 5.41) is 19.7. The second-order valence-electron chi connectivity index (χ2n) is 4.67. The number of phenols is 1. The summed E-state index contributed by atoms with van der Waals surface area (Å²) >= 11 is 1.49. The first-order chi connectivity index (χ1) is 10.8. The van der Waals surface area contributed by atoms with Crippen LogP contribution in [0.25, 0.3) is 21.1 Å². The van der Waals surface area contributed by atoms with E-state index in [2.05, 4.69) is 20.2 Å². The molecule has 106 valence electrons. The largest absolute Gasteiger partial charge is 0.506 e. The average Bonchev–Trinajstić information content (AvgIpc) is 2.97. The SMILES string of the molecule is Oc1ccc(N=Nc2nc3ccccc3s2)c2cccnc12. The number of hydrogen-bond donors (Lipinski definition) is 1. The molecule has 0 saturated carbocycles. The number of pyridine rings is 1. The molecule has 0 aliphatic carbocycles. The van der Waals surface area contributed by atoms with E-state index in [1.807, 2.05) is 30.3 Å². The zero-order valence-electron chi connectivity index (χ0n) is 11.3. The van der Waals surface area contributed by atoms with Gasteiger partial charge in [0.25, 0.3) is 0 Å². The van der Waals surface area contributed by atoms with Crippen LogP contribution in [0.4, 0.5) is 10.8 Å². The maximum atomic E-state index is 9.83. The van der Waals surface area contributed by atoms with Crippen molar-refractivity contribution in [1.82, 2.24) is 9.97 Å². The van der Waals surface area contributed by atoms with E-state index in [4.69, 9.17) is 0 Å². The number of para-hydroxylation sites is 1. The van der Waals surface area contributed by atoms with Crippen molar-refractivity contribution in [3.63, 3.8) is 0 Å². The van der Waals surface area contributed by atoms with Crippen LogP contribution in [0.3, 0.4) is 0 Å². The maximum absolute atomic E-state index is 9.83. The molecule has 0 radical (unpaired) electrons. The molecule has 0 atom stereocenters. The van der Waals surface area contributed by atoms with Gasteiger partial charge in [0.2, 0.25) is 5.13 Å². The third-order valence-electron chi connectivity index (χ3n) is 3.25. The number of benzene rings is 2. The molecule has 2 heterocycles. The van der Waals surface area contributed by atoms with E-state index in [0.29, 0.717) is 16.3 Å². The third kappa shape index (κ3) is 2.19. The normalized spacial score (nSPS) is 11.6. The Morgan fingerprint density at radius 1 is 0.955 bits per heavy atom. The van der Waals surface area contributed by atoms with E-state index in [0.717, 1.165) is 15.6 Å². The molecular formula is C16H10N4OS. The van der Waals surface area contributed by atoms with Gasteiger partial charge in [0, 0.05) is 11.6 Å². The summed E-state index contributed by atoms with van der Waals surface area (Å²) < 4.78 is 1.08. The van der Waals surface area contributed by atoms with Gasteiger partial charge < -0.3 is 5.11 Å². The van der Waals surface area contributed by atoms with E-state index < -0.39 is 0 Å². The topological polar surface area (TPSA) is 70.7 Å². The molecule has 0 fully saturated rings. The van der Waals surface area contributed by atoms with Crippen molar-refractivity contribution < 1.29 is 5.11 Å². The minimum absolute atomic E-state index is 0.134. The lowest BCUT2D eigenvalue weighted by Crippen LogP contribution is -1.78. The fraction of sp³-hybridized carbons (Fsp3) is 0. The molecule has 6 heteroatoms. The number of hydrogen-bond acceptors (Lipinski definition) is 6. The zero-order valence-corrected chi connectivity index (χ0v) is 12.2. The third-order valence-corrected chi connectivity index (χ3v) is 4.17. The van der Waals surface area contributed by atoms with E-state index in [1.165, 1.54) is 11.3 Å². The number of thiazole rings is 1. The Kier molecular flexibility index (Phi) is 3.01. The quantitative estimate of drug-likeness (QED) is 0.532. The van der Waals surface area contributed by atoms with Crippen LogP contribution in [0.1, 0.15) is 0 Å². The van der Waals surface area contributed by atoms with Gasteiger partial charge in [0.15, 0.2) is 0 Å². The number of nitrogens with zero attached hydrogens (tertiary/aromatic N) is 4. The summed E-state index contributed by atoms with van der Waals surface area (Å²) in [7, 11) is 0. The van der Waals surface area contributed by atoms with E-state index in [-0.39, 0.29) is 5.75 Å². The molecule has 4 rings (SSSR count). The first kappa shape index (κ1) is 12.8.